The lowest BCUT2D eigenvalue weighted by Gasteiger charge is -2.66. The number of carbonyl (C=O) groups excluding carboxylic acids is 2. The van der Waals surface area contributed by atoms with Crippen LogP contribution in [-0.2, 0) is 9.59 Å². The van der Waals surface area contributed by atoms with Gasteiger partial charge in [0.15, 0.2) is 5.78 Å². The fraction of sp³-hybridized carbons (Fsp3) is 0.800. The van der Waals surface area contributed by atoms with Crippen LogP contribution in [0, 0.1) is 39.4 Å². The molecule has 8 unspecified atom stereocenters. The van der Waals surface area contributed by atoms with Gasteiger partial charge in [0.2, 0.25) is 0 Å². The molecule has 0 heterocycles. The van der Waals surface area contributed by atoms with Crippen molar-refractivity contribution in [3.63, 3.8) is 0 Å². The fourth-order valence-electron chi connectivity index (χ4n) is 8.89. The van der Waals surface area contributed by atoms with Gasteiger partial charge in [-0.3, -0.25) is 9.59 Å². The number of ketones is 2. The van der Waals surface area contributed by atoms with E-state index in [9.17, 15) is 24.9 Å². The van der Waals surface area contributed by atoms with E-state index in [4.69, 9.17) is 0 Å². The average molecular weight is 487 g/mol. The van der Waals surface area contributed by atoms with Crippen molar-refractivity contribution in [2.45, 2.75) is 112 Å². The van der Waals surface area contributed by atoms with Crippen molar-refractivity contribution in [3.8, 4) is 0 Å². The summed E-state index contributed by atoms with van der Waals surface area (Å²) < 4.78 is 0. The van der Waals surface area contributed by atoms with Crippen molar-refractivity contribution in [1.29, 1.82) is 0 Å². The highest BCUT2D eigenvalue weighted by atomic mass is 16.4. The molecular weight excluding hydrogens is 440 g/mol. The Morgan fingerprint density at radius 2 is 1.71 bits per heavy atom. The van der Waals surface area contributed by atoms with Gasteiger partial charge in [-0.05, 0) is 73.7 Å². The molecule has 2 fully saturated rings. The number of aliphatic hydroxyl groups is 3. The Kier molecular flexibility index (Phi) is 6.19. The first-order valence-corrected chi connectivity index (χ1v) is 13.5. The minimum absolute atomic E-state index is 0.0138. The van der Waals surface area contributed by atoms with Crippen LogP contribution in [0.2, 0.25) is 0 Å². The molecule has 0 aromatic carbocycles. The zero-order valence-electron chi connectivity index (χ0n) is 22.9. The van der Waals surface area contributed by atoms with Crippen molar-refractivity contribution < 1.29 is 24.9 Å². The molecule has 4 rings (SSSR count). The number of fused-ring (bicyclic) bond motifs is 5. The van der Waals surface area contributed by atoms with E-state index < -0.39 is 17.8 Å². The second-order valence-corrected chi connectivity index (χ2v) is 14.1. The van der Waals surface area contributed by atoms with E-state index in [1.165, 1.54) is 13.8 Å². The van der Waals surface area contributed by atoms with E-state index in [2.05, 4.69) is 46.8 Å². The molecule has 0 aromatic rings. The number of rotatable bonds is 5. The number of Topliss-reactive ketones (excluding diaryl/α,β-unsaturated/α-hetero) is 2. The zero-order chi connectivity index (χ0) is 26.4. The lowest BCUT2D eigenvalue weighted by atomic mass is 9.37. The second kappa shape index (κ2) is 8.10. The van der Waals surface area contributed by atoms with E-state index in [-0.39, 0.29) is 39.8 Å². The summed E-state index contributed by atoms with van der Waals surface area (Å²) in [5.41, 5.74) is -0.251. The molecule has 0 radical (unpaired) electrons. The maximum atomic E-state index is 13.5. The summed E-state index contributed by atoms with van der Waals surface area (Å²) in [5, 5.41) is 31.1. The summed E-state index contributed by atoms with van der Waals surface area (Å²) in [4.78, 5) is 26.4. The minimum Gasteiger partial charge on any atom is -0.390 e. The lowest BCUT2D eigenvalue weighted by Crippen LogP contribution is -2.61. The zero-order valence-corrected chi connectivity index (χ0v) is 22.9. The van der Waals surface area contributed by atoms with Crippen LogP contribution < -0.4 is 0 Å². The summed E-state index contributed by atoms with van der Waals surface area (Å²) >= 11 is 0. The number of hydrogen-bond donors (Lipinski definition) is 3. The topological polar surface area (TPSA) is 94.8 Å². The Morgan fingerprint density at radius 3 is 2.31 bits per heavy atom. The third kappa shape index (κ3) is 3.67. The van der Waals surface area contributed by atoms with E-state index in [1.807, 2.05) is 6.92 Å². The van der Waals surface area contributed by atoms with Crippen molar-refractivity contribution in [2.24, 2.45) is 39.4 Å². The first kappa shape index (κ1) is 26.8. The van der Waals surface area contributed by atoms with Gasteiger partial charge in [0.25, 0.3) is 0 Å². The van der Waals surface area contributed by atoms with E-state index in [0.717, 1.165) is 30.4 Å². The lowest BCUT2D eigenvalue weighted by molar-refractivity contribution is -0.165. The van der Waals surface area contributed by atoms with Gasteiger partial charge < -0.3 is 15.3 Å². The van der Waals surface area contributed by atoms with Gasteiger partial charge in [-0.1, -0.05) is 53.7 Å². The largest absolute Gasteiger partial charge is 0.390 e. The molecule has 4 aliphatic rings. The van der Waals surface area contributed by atoms with Crippen molar-refractivity contribution >= 4 is 11.6 Å². The molecule has 2 saturated carbocycles. The molecule has 3 N–H and O–H groups in total. The first-order valence-electron chi connectivity index (χ1n) is 13.5. The first-order chi connectivity index (χ1) is 15.9. The predicted molar refractivity (Wildman–Crippen MR) is 136 cm³/mol. The average Bonchev–Trinajstić information content (AvgIpc) is 3.00. The Bertz CT molecular complexity index is 983. The van der Waals surface area contributed by atoms with Gasteiger partial charge in [0.1, 0.15) is 11.9 Å². The Hall–Kier alpha value is -1.30. The number of hydrogen-bond acceptors (Lipinski definition) is 5. The number of allylic oxidation sites excluding steroid dienone is 4. The van der Waals surface area contributed by atoms with Gasteiger partial charge >= 0.3 is 0 Å². The summed E-state index contributed by atoms with van der Waals surface area (Å²) in [5.74, 6) is 0.920. The molecule has 0 bridgehead atoms. The highest BCUT2D eigenvalue weighted by Crippen LogP contribution is 2.72. The molecule has 0 spiro atoms. The fourth-order valence-corrected chi connectivity index (χ4v) is 8.89. The van der Waals surface area contributed by atoms with Crippen molar-refractivity contribution in [3.05, 3.63) is 23.3 Å². The third-order valence-electron chi connectivity index (χ3n) is 11.2. The van der Waals surface area contributed by atoms with Crippen LogP contribution in [0.25, 0.3) is 0 Å². The molecule has 8 atom stereocenters. The highest BCUT2D eigenvalue weighted by Gasteiger charge is 2.66. The van der Waals surface area contributed by atoms with Gasteiger partial charge in [-0.15, -0.1) is 0 Å². The number of aliphatic hydroxyl groups excluding tert-OH is 2. The molecule has 5 nitrogen and oxygen atoms in total. The Labute approximate surface area is 211 Å². The number of carbonyl (C=O) groups is 2. The summed E-state index contributed by atoms with van der Waals surface area (Å²) in [6.07, 6.45) is 6.30. The van der Waals surface area contributed by atoms with Crippen LogP contribution in [0.5, 0.6) is 0 Å². The molecule has 0 aliphatic heterocycles. The molecule has 196 valence electrons. The van der Waals surface area contributed by atoms with Gasteiger partial charge in [0.05, 0.1) is 11.7 Å². The smallest absolute Gasteiger partial charge is 0.160 e. The van der Waals surface area contributed by atoms with E-state index in [1.54, 1.807) is 0 Å². The van der Waals surface area contributed by atoms with Crippen molar-refractivity contribution in [2.75, 3.05) is 0 Å². The SMILES string of the molecule is CC(CC(O)C(O)C(C)(C)O)C1=C2C=CC3C4(C)CCC(=O)C(C)(C)C4CCC3(C)C2(C)CC1=O. The van der Waals surface area contributed by atoms with Crippen LogP contribution in [0.1, 0.15) is 93.9 Å². The molecular formula is C30H46O5. The summed E-state index contributed by atoms with van der Waals surface area (Å²) in [7, 11) is 0. The minimum atomic E-state index is -1.42. The van der Waals surface area contributed by atoms with Crippen LogP contribution in [0.4, 0.5) is 0 Å². The summed E-state index contributed by atoms with van der Waals surface area (Å²) in [6, 6.07) is 0. The third-order valence-corrected chi connectivity index (χ3v) is 11.2. The van der Waals surface area contributed by atoms with Gasteiger partial charge in [-0.25, -0.2) is 0 Å². The van der Waals surface area contributed by atoms with Crippen LogP contribution >= 0.6 is 0 Å². The highest BCUT2D eigenvalue weighted by molar-refractivity contribution is 6.01. The molecule has 0 amide bonds. The molecule has 0 saturated heterocycles. The summed E-state index contributed by atoms with van der Waals surface area (Å²) in [6.45, 7) is 16.2. The normalized spacial score (nSPS) is 41.2. The monoisotopic (exact) mass is 486 g/mol. The van der Waals surface area contributed by atoms with Gasteiger partial charge in [0, 0.05) is 29.2 Å². The second-order valence-electron chi connectivity index (χ2n) is 14.1. The predicted octanol–water partition coefficient (Wildman–Crippen LogP) is 4.78. The molecule has 5 heteroatoms. The Morgan fingerprint density at radius 1 is 1.09 bits per heavy atom. The van der Waals surface area contributed by atoms with E-state index >= 15 is 0 Å². The molecule has 35 heavy (non-hydrogen) atoms. The van der Waals surface area contributed by atoms with E-state index in [0.29, 0.717) is 30.5 Å². The van der Waals surface area contributed by atoms with Crippen molar-refractivity contribution in [1.82, 2.24) is 0 Å². The maximum Gasteiger partial charge on any atom is 0.160 e. The standard InChI is InChI=1S/C30H46O5/c1-17(15-19(31)25(34)27(4,5)35)24-18-9-10-22-28(6)13-12-23(33)26(2,3)21(28)11-14-29(22,7)30(18,8)16-20(24)32/h9-10,17,19,21-22,25,31,34-35H,11-16H2,1-8H3. The molecule has 4 aliphatic carbocycles. The molecule has 0 aromatic heterocycles. The van der Waals surface area contributed by atoms with Gasteiger partial charge in [-0.2, -0.15) is 0 Å². The van der Waals surface area contributed by atoms with Crippen LogP contribution in [0.15, 0.2) is 23.3 Å². The Balaban J connectivity index is 1.72. The van der Waals surface area contributed by atoms with Crippen LogP contribution in [-0.4, -0.2) is 44.7 Å². The quantitative estimate of drug-likeness (QED) is 0.520. The van der Waals surface area contributed by atoms with Crippen LogP contribution in [0.3, 0.4) is 0 Å². The maximum absolute atomic E-state index is 13.5.